The average Bonchev–Trinajstić information content (AvgIpc) is 2.96. The molecule has 1 fully saturated rings. The standard InChI is InChI=1S/C21H20FNO6/c1-23-18(11-5-8-15(28-3)16(10-11)29-4)17(20(25)21(23)26)19(24)12-6-7-14(27-2)13(22)9-12/h5-10,18,24H,1-4H3/b19-17+. The van der Waals surface area contributed by atoms with Crippen molar-refractivity contribution in [1.29, 1.82) is 0 Å². The van der Waals surface area contributed by atoms with Gasteiger partial charge in [0.15, 0.2) is 23.1 Å². The first kappa shape index (κ1) is 20.2. The number of halogens is 1. The number of methoxy groups -OCH3 is 3. The van der Waals surface area contributed by atoms with Gasteiger partial charge in [-0.15, -0.1) is 0 Å². The average molecular weight is 401 g/mol. The molecule has 0 aromatic heterocycles. The summed E-state index contributed by atoms with van der Waals surface area (Å²) >= 11 is 0. The van der Waals surface area contributed by atoms with Crippen LogP contribution in [0.4, 0.5) is 4.39 Å². The highest BCUT2D eigenvalue weighted by Crippen LogP contribution is 2.41. The molecule has 3 rings (SSSR count). The topological polar surface area (TPSA) is 85.3 Å². The zero-order chi connectivity index (χ0) is 21.3. The van der Waals surface area contributed by atoms with Crippen LogP contribution in [-0.2, 0) is 9.59 Å². The Morgan fingerprint density at radius 1 is 0.966 bits per heavy atom. The lowest BCUT2D eigenvalue weighted by Crippen LogP contribution is -2.24. The number of likely N-dealkylation sites (N-methyl/N-ethyl adjacent to an activating group) is 1. The molecule has 0 radical (unpaired) electrons. The van der Waals surface area contributed by atoms with Crippen molar-refractivity contribution in [3.05, 3.63) is 58.9 Å². The summed E-state index contributed by atoms with van der Waals surface area (Å²) in [4.78, 5) is 26.2. The fourth-order valence-electron chi connectivity index (χ4n) is 3.33. The third-order valence-electron chi connectivity index (χ3n) is 4.82. The van der Waals surface area contributed by atoms with Crippen LogP contribution in [0.15, 0.2) is 42.0 Å². The van der Waals surface area contributed by atoms with Crippen molar-refractivity contribution in [2.75, 3.05) is 28.4 Å². The van der Waals surface area contributed by atoms with Crippen molar-refractivity contribution in [2.24, 2.45) is 0 Å². The minimum absolute atomic E-state index is 0.00562. The summed E-state index contributed by atoms with van der Waals surface area (Å²) in [5, 5.41) is 10.8. The number of benzene rings is 2. The quantitative estimate of drug-likeness (QED) is 0.471. The monoisotopic (exact) mass is 401 g/mol. The Labute approximate surface area is 166 Å². The van der Waals surface area contributed by atoms with E-state index in [4.69, 9.17) is 14.2 Å². The number of carbonyl (C=O) groups excluding carboxylic acids is 2. The number of aliphatic hydroxyl groups is 1. The molecule has 0 aliphatic carbocycles. The Hall–Kier alpha value is -3.55. The Balaban J connectivity index is 2.17. The van der Waals surface area contributed by atoms with Crippen LogP contribution >= 0.6 is 0 Å². The zero-order valence-corrected chi connectivity index (χ0v) is 16.4. The van der Waals surface area contributed by atoms with Gasteiger partial charge in [-0.3, -0.25) is 9.59 Å². The lowest BCUT2D eigenvalue weighted by molar-refractivity contribution is -0.139. The highest BCUT2D eigenvalue weighted by atomic mass is 19.1. The number of ether oxygens (including phenoxy) is 3. The predicted molar refractivity (Wildman–Crippen MR) is 103 cm³/mol. The van der Waals surface area contributed by atoms with E-state index in [0.717, 1.165) is 6.07 Å². The van der Waals surface area contributed by atoms with Gasteiger partial charge in [0.05, 0.1) is 32.9 Å². The third-order valence-corrected chi connectivity index (χ3v) is 4.82. The minimum atomic E-state index is -0.875. The first-order valence-corrected chi connectivity index (χ1v) is 8.64. The molecule has 1 aliphatic heterocycles. The van der Waals surface area contributed by atoms with E-state index in [-0.39, 0.29) is 16.9 Å². The van der Waals surface area contributed by atoms with Crippen molar-refractivity contribution in [3.63, 3.8) is 0 Å². The normalized spacial score (nSPS) is 18.1. The van der Waals surface area contributed by atoms with Crippen molar-refractivity contribution in [2.45, 2.75) is 6.04 Å². The smallest absolute Gasteiger partial charge is 0.295 e. The van der Waals surface area contributed by atoms with Crippen LogP contribution in [0.3, 0.4) is 0 Å². The predicted octanol–water partition coefficient (Wildman–Crippen LogP) is 2.90. The summed E-state index contributed by atoms with van der Waals surface area (Å²) < 4.78 is 29.5. The summed E-state index contributed by atoms with van der Waals surface area (Å²) in [5.74, 6) is -1.95. The molecule has 0 bridgehead atoms. The molecule has 1 amide bonds. The van der Waals surface area contributed by atoms with E-state index in [1.54, 1.807) is 18.2 Å². The summed E-state index contributed by atoms with van der Waals surface area (Å²) in [5.41, 5.74) is 0.439. The minimum Gasteiger partial charge on any atom is -0.507 e. The van der Waals surface area contributed by atoms with Gasteiger partial charge in [-0.2, -0.15) is 0 Å². The molecule has 1 atom stereocenters. The Bertz CT molecular complexity index is 1020. The molecule has 1 N–H and O–H groups in total. The third kappa shape index (κ3) is 3.37. The number of rotatable bonds is 5. The summed E-state index contributed by atoms with van der Waals surface area (Å²) in [6.45, 7) is 0. The fraction of sp³-hybridized carbons (Fsp3) is 0.238. The van der Waals surface area contributed by atoms with Crippen LogP contribution in [0.25, 0.3) is 5.76 Å². The molecular formula is C21H20FNO6. The Morgan fingerprint density at radius 2 is 1.59 bits per heavy atom. The van der Waals surface area contributed by atoms with Gasteiger partial charge in [0.1, 0.15) is 5.76 Å². The summed E-state index contributed by atoms with van der Waals surface area (Å²) in [6.07, 6.45) is 0. The van der Waals surface area contributed by atoms with E-state index in [1.165, 1.54) is 45.4 Å². The molecule has 1 heterocycles. The summed E-state index contributed by atoms with van der Waals surface area (Å²) in [7, 11) is 5.72. The maximum Gasteiger partial charge on any atom is 0.295 e. The van der Waals surface area contributed by atoms with Gasteiger partial charge in [0.25, 0.3) is 11.7 Å². The van der Waals surface area contributed by atoms with Crippen LogP contribution in [0.5, 0.6) is 17.2 Å². The maximum atomic E-state index is 14.1. The zero-order valence-electron chi connectivity index (χ0n) is 16.4. The molecule has 1 saturated heterocycles. The highest BCUT2D eigenvalue weighted by molar-refractivity contribution is 6.46. The molecule has 8 heteroatoms. The molecule has 7 nitrogen and oxygen atoms in total. The maximum absolute atomic E-state index is 14.1. The molecule has 1 unspecified atom stereocenters. The number of Topliss-reactive ketones (excluding diaryl/α,β-unsaturated/α-hetero) is 1. The SMILES string of the molecule is COc1ccc(/C(O)=C2\C(=O)C(=O)N(C)C2c2ccc(OC)c(OC)c2)cc1F. The van der Waals surface area contributed by atoms with E-state index in [9.17, 15) is 19.1 Å². The van der Waals surface area contributed by atoms with Crippen LogP contribution in [0.1, 0.15) is 17.2 Å². The van der Waals surface area contributed by atoms with Gasteiger partial charge in [0, 0.05) is 12.6 Å². The second-order valence-electron chi connectivity index (χ2n) is 6.37. The molecule has 29 heavy (non-hydrogen) atoms. The van der Waals surface area contributed by atoms with Gasteiger partial charge >= 0.3 is 0 Å². The number of ketones is 1. The molecule has 1 aliphatic rings. The second-order valence-corrected chi connectivity index (χ2v) is 6.37. The lowest BCUT2D eigenvalue weighted by atomic mass is 9.95. The van der Waals surface area contributed by atoms with E-state index in [1.807, 2.05) is 0 Å². The largest absolute Gasteiger partial charge is 0.507 e. The Morgan fingerprint density at radius 3 is 2.17 bits per heavy atom. The van der Waals surface area contributed by atoms with Gasteiger partial charge in [-0.05, 0) is 35.9 Å². The molecule has 2 aromatic carbocycles. The van der Waals surface area contributed by atoms with Gasteiger partial charge in [-0.1, -0.05) is 6.07 Å². The van der Waals surface area contributed by atoms with E-state index >= 15 is 0 Å². The molecule has 0 saturated carbocycles. The second kappa shape index (κ2) is 7.83. The van der Waals surface area contributed by atoms with Gasteiger partial charge in [0.2, 0.25) is 0 Å². The number of hydrogen-bond donors (Lipinski definition) is 1. The number of carbonyl (C=O) groups is 2. The van der Waals surface area contributed by atoms with Crippen molar-refractivity contribution >= 4 is 17.4 Å². The first-order valence-electron chi connectivity index (χ1n) is 8.64. The van der Waals surface area contributed by atoms with Crippen LogP contribution in [0.2, 0.25) is 0 Å². The van der Waals surface area contributed by atoms with Crippen LogP contribution in [-0.4, -0.2) is 50.1 Å². The number of amides is 1. The van der Waals surface area contributed by atoms with Crippen molar-refractivity contribution < 1.29 is 33.3 Å². The molecule has 0 spiro atoms. The van der Waals surface area contributed by atoms with Crippen molar-refractivity contribution in [3.8, 4) is 17.2 Å². The van der Waals surface area contributed by atoms with E-state index in [0.29, 0.717) is 17.1 Å². The van der Waals surface area contributed by atoms with Crippen LogP contribution < -0.4 is 14.2 Å². The molecule has 2 aromatic rings. The highest BCUT2D eigenvalue weighted by Gasteiger charge is 2.44. The Kier molecular flexibility index (Phi) is 5.45. The van der Waals surface area contributed by atoms with Crippen molar-refractivity contribution in [1.82, 2.24) is 4.90 Å². The lowest BCUT2D eigenvalue weighted by Gasteiger charge is -2.22. The van der Waals surface area contributed by atoms with Gasteiger partial charge < -0.3 is 24.2 Å². The van der Waals surface area contributed by atoms with Gasteiger partial charge in [-0.25, -0.2) is 4.39 Å². The number of likely N-dealkylation sites (tertiary alicyclic amines) is 1. The number of nitrogens with zero attached hydrogens (tertiary/aromatic N) is 1. The molecular weight excluding hydrogens is 381 g/mol. The number of aliphatic hydroxyl groups excluding tert-OH is 1. The van der Waals surface area contributed by atoms with E-state index < -0.39 is 29.3 Å². The number of hydrogen-bond acceptors (Lipinski definition) is 6. The van der Waals surface area contributed by atoms with E-state index in [2.05, 4.69) is 0 Å². The molecule has 152 valence electrons. The van der Waals surface area contributed by atoms with Crippen LogP contribution in [0, 0.1) is 5.82 Å². The summed E-state index contributed by atoms with van der Waals surface area (Å²) in [6, 6.07) is 7.83. The first-order chi connectivity index (χ1) is 13.8. The fourth-order valence-corrected chi connectivity index (χ4v) is 3.33.